The number of benzene rings is 2. The van der Waals surface area contributed by atoms with E-state index in [-0.39, 0.29) is 0 Å². The molecule has 2 aromatic rings. The quantitative estimate of drug-likeness (QED) is 0.591. The van der Waals surface area contributed by atoms with Crippen LogP contribution >= 0.6 is 15.9 Å². The van der Waals surface area contributed by atoms with Crippen LogP contribution in [0, 0.1) is 6.92 Å². The van der Waals surface area contributed by atoms with Crippen LogP contribution in [0.4, 0.5) is 5.69 Å². The molecule has 4 heteroatoms. The van der Waals surface area contributed by atoms with Gasteiger partial charge in [0.25, 0.3) is 0 Å². The minimum atomic E-state index is 0.641. The number of aliphatic imine (C=N–C) groups is 1. The minimum Gasteiger partial charge on any atom is -0.494 e. The molecule has 0 radical (unpaired) electrons. The van der Waals surface area contributed by atoms with E-state index in [4.69, 9.17) is 4.74 Å². The number of hydrogen-bond acceptors (Lipinski definition) is 2. The molecule has 22 heavy (non-hydrogen) atoms. The summed E-state index contributed by atoms with van der Waals surface area (Å²) in [6, 6.07) is 13.9. The highest BCUT2D eigenvalue weighted by Crippen LogP contribution is 2.21. The number of nitrogens with zero attached hydrogens (tertiary/aromatic N) is 1. The Balaban J connectivity index is 2.34. The topological polar surface area (TPSA) is 33.6 Å². The van der Waals surface area contributed by atoms with Crippen molar-refractivity contribution in [3.8, 4) is 5.75 Å². The average molecular weight is 359 g/mol. The van der Waals surface area contributed by atoms with Gasteiger partial charge in [-0.1, -0.05) is 34.6 Å². The van der Waals surface area contributed by atoms with Gasteiger partial charge in [-0.2, -0.15) is 0 Å². The molecular weight excluding hydrogens is 340 g/mol. The van der Waals surface area contributed by atoms with Gasteiger partial charge in [0.2, 0.25) is 0 Å². The van der Waals surface area contributed by atoms with Crippen LogP contribution in [-0.4, -0.2) is 12.4 Å². The average Bonchev–Trinajstić information content (AvgIpc) is 2.50. The smallest absolute Gasteiger partial charge is 0.137 e. The van der Waals surface area contributed by atoms with Crippen molar-refractivity contribution in [3.05, 3.63) is 70.8 Å². The molecule has 0 atom stereocenters. The summed E-state index contributed by atoms with van der Waals surface area (Å²) in [6.45, 7) is 8.37. The zero-order valence-electron chi connectivity index (χ0n) is 12.8. The van der Waals surface area contributed by atoms with E-state index in [0.717, 1.165) is 32.9 Å². The van der Waals surface area contributed by atoms with E-state index in [1.54, 1.807) is 0 Å². The lowest BCUT2D eigenvalue weighted by Gasteiger charge is -2.13. The van der Waals surface area contributed by atoms with Crippen LogP contribution < -0.4 is 10.1 Å². The molecule has 0 aromatic heterocycles. The number of anilines is 1. The third-order valence-corrected chi connectivity index (χ3v) is 3.58. The van der Waals surface area contributed by atoms with Crippen molar-refractivity contribution in [2.24, 2.45) is 4.99 Å². The van der Waals surface area contributed by atoms with Gasteiger partial charge >= 0.3 is 0 Å². The molecule has 0 saturated carbocycles. The fraction of sp³-hybridized carbons (Fsp3) is 0.167. The van der Waals surface area contributed by atoms with Gasteiger partial charge in [-0.25, -0.2) is 4.99 Å². The van der Waals surface area contributed by atoms with Crippen LogP contribution in [0.2, 0.25) is 0 Å². The molecule has 0 aliphatic carbocycles. The van der Waals surface area contributed by atoms with Crippen LogP contribution in [0.5, 0.6) is 5.75 Å². The fourth-order valence-electron chi connectivity index (χ4n) is 2.08. The van der Waals surface area contributed by atoms with E-state index in [1.165, 1.54) is 6.20 Å². The van der Waals surface area contributed by atoms with Gasteiger partial charge < -0.3 is 10.1 Å². The summed E-state index contributed by atoms with van der Waals surface area (Å²) < 4.78 is 6.54. The molecule has 0 aliphatic heterocycles. The molecule has 3 nitrogen and oxygen atoms in total. The Morgan fingerprint density at radius 3 is 2.86 bits per heavy atom. The summed E-state index contributed by atoms with van der Waals surface area (Å²) in [5.41, 5.74) is 3.08. The number of halogens is 1. The Morgan fingerprint density at radius 2 is 2.14 bits per heavy atom. The first-order valence-corrected chi connectivity index (χ1v) is 7.88. The summed E-state index contributed by atoms with van der Waals surface area (Å²) >= 11 is 3.50. The number of amidine groups is 1. The monoisotopic (exact) mass is 358 g/mol. The van der Waals surface area contributed by atoms with Crippen LogP contribution in [0.3, 0.4) is 0 Å². The molecule has 0 bridgehead atoms. The van der Waals surface area contributed by atoms with E-state index in [0.29, 0.717) is 6.61 Å². The molecule has 0 heterocycles. The van der Waals surface area contributed by atoms with Crippen molar-refractivity contribution in [3.63, 3.8) is 0 Å². The van der Waals surface area contributed by atoms with Gasteiger partial charge in [0.05, 0.1) is 6.61 Å². The van der Waals surface area contributed by atoms with E-state index < -0.39 is 0 Å². The molecule has 0 amide bonds. The Morgan fingerprint density at radius 1 is 1.32 bits per heavy atom. The number of aryl methyl sites for hydroxylation is 1. The third kappa shape index (κ3) is 4.21. The van der Waals surface area contributed by atoms with Crippen molar-refractivity contribution >= 4 is 27.5 Å². The highest BCUT2D eigenvalue weighted by Gasteiger charge is 2.08. The lowest BCUT2D eigenvalue weighted by molar-refractivity contribution is 0.340. The summed E-state index contributed by atoms with van der Waals surface area (Å²) in [6.07, 6.45) is 1.54. The third-order valence-electron chi connectivity index (χ3n) is 3.08. The molecule has 114 valence electrons. The second kappa shape index (κ2) is 7.80. The molecule has 1 N–H and O–H groups in total. The van der Waals surface area contributed by atoms with Crippen molar-refractivity contribution in [1.29, 1.82) is 0 Å². The normalized spacial score (nSPS) is 11.1. The van der Waals surface area contributed by atoms with Crippen molar-refractivity contribution < 1.29 is 4.74 Å². The van der Waals surface area contributed by atoms with E-state index in [9.17, 15) is 0 Å². The lowest BCUT2D eigenvalue weighted by Crippen LogP contribution is -2.15. The van der Waals surface area contributed by atoms with Crippen LogP contribution in [0.15, 0.2) is 64.7 Å². The van der Waals surface area contributed by atoms with Gasteiger partial charge in [0, 0.05) is 28.0 Å². The Bertz CT molecular complexity index is 695. The maximum atomic E-state index is 5.53. The first kappa shape index (κ1) is 16.3. The SMILES string of the molecule is C=CN=C(Nc1cccc(OCC)c1)c1cc(Br)ccc1C. The molecule has 2 rings (SSSR count). The van der Waals surface area contributed by atoms with Gasteiger partial charge in [-0.15, -0.1) is 0 Å². The lowest BCUT2D eigenvalue weighted by atomic mass is 10.1. The molecular formula is C18H19BrN2O. The van der Waals surface area contributed by atoms with Gasteiger partial charge in [0.1, 0.15) is 11.6 Å². The second-order valence-corrected chi connectivity index (χ2v) is 5.62. The Labute approximate surface area is 139 Å². The van der Waals surface area contributed by atoms with E-state index >= 15 is 0 Å². The zero-order valence-corrected chi connectivity index (χ0v) is 14.4. The van der Waals surface area contributed by atoms with Crippen molar-refractivity contribution in [2.75, 3.05) is 11.9 Å². The Kier molecular flexibility index (Phi) is 5.78. The molecule has 0 aliphatic rings. The number of ether oxygens (including phenoxy) is 1. The van der Waals surface area contributed by atoms with E-state index in [2.05, 4.69) is 45.8 Å². The fourth-order valence-corrected chi connectivity index (χ4v) is 2.44. The predicted octanol–water partition coefficient (Wildman–Crippen LogP) is 5.16. The van der Waals surface area contributed by atoms with Crippen molar-refractivity contribution in [2.45, 2.75) is 13.8 Å². The Hall–Kier alpha value is -2.07. The van der Waals surface area contributed by atoms with Crippen LogP contribution in [-0.2, 0) is 0 Å². The molecule has 0 saturated heterocycles. The largest absolute Gasteiger partial charge is 0.494 e. The molecule has 0 spiro atoms. The highest BCUT2D eigenvalue weighted by atomic mass is 79.9. The minimum absolute atomic E-state index is 0.641. The maximum absolute atomic E-state index is 5.53. The second-order valence-electron chi connectivity index (χ2n) is 4.71. The number of rotatable bonds is 5. The van der Waals surface area contributed by atoms with Gasteiger partial charge in [0.15, 0.2) is 0 Å². The highest BCUT2D eigenvalue weighted by molar-refractivity contribution is 9.10. The zero-order chi connectivity index (χ0) is 15.9. The number of hydrogen-bond donors (Lipinski definition) is 1. The summed E-state index contributed by atoms with van der Waals surface area (Å²) in [4.78, 5) is 4.38. The van der Waals surface area contributed by atoms with Crippen LogP contribution in [0.1, 0.15) is 18.1 Å². The van der Waals surface area contributed by atoms with E-state index in [1.807, 2.05) is 43.3 Å². The summed E-state index contributed by atoms with van der Waals surface area (Å²) in [5.74, 6) is 1.58. The number of nitrogens with one attached hydrogen (secondary N) is 1. The first-order chi connectivity index (χ1) is 10.6. The summed E-state index contributed by atoms with van der Waals surface area (Å²) in [7, 11) is 0. The van der Waals surface area contributed by atoms with Gasteiger partial charge in [-0.3, -0.25) is 0 Å². The molecule has 0 unspecified atom stereocenters. The maximum Gasteiger partial charge on any atom is 0.137 e. The van der Waals surface area contributed by atoms with Gasteiger partial charge in [-0.05, 0) is 43.7 Å². The molecule has 2 aromatic carbocycles. The first-order valence-electron chi connectivity index (χ1n) is 7.09. The summed E-state index contributed by atoms with van der Waals surface area (Å²) in [5, 5.41) is 3.34. The van der Waals surface area contributed by atoms with Crippen molar-refractivity contribution in [1.82, 2.24) is 0 Å². The standard InChI is InChI=1S/C18H19BrN2O/c1-4-20-18(17-11-14(19)10-9-13(17)3)21-15-7-6-8-16(12-15)22-5-2/h4,6-12H,1,5H2,2-3H3,(H,20,21). The predicted molar refractivity (Wildman–Crippen MR) is 96.8 cm³/mol. The molecule has 0 fully saturated rings. The van der Waals surface area contributed by atoms with Crippen LogP contribution in [0.25, 0.3) is 0 Å².